The molecule has 1 saturated heterocycles. The first-order chi connectivity index (χ1) is 14.0. The number of hydrogen-bond acceptors (Lipinski definition) is 7. The zero-order chi connectivity index (χ0) is 23.8. The van der Waals surface area contributed by atoms with Crippen LogP contribution in [0.5, 0.6) is 0 Å². The van der Waals surface area contributed by atoms with E-state index in [9.17, 15) is 9.59 Å². The Balaban J connectivity index is 2.11. The molecule has 0 aliphatic carbocycles. The molecule has 0 saturated carbocycles. The van der Waals surface area contributed by atoms with E-state index in [2.05, 4.69) is 15.3 Å². The predicted molar refractivity (Wildman–Crippen MR) is 119 cm³/mol. The van der Waals surface area contributed by atoms with Crippen molar-refractivity contribution in [2.45, 2.75) is 85.2 Å². The van der Waals surface area contributed by atoms with Crippen LogP contribution in [0.25, 0.3) is 0 Å². The molecule has 1 atom stereocenters. The van der Waals surface area contributed by atoms with Gasteiger partial charge in [-0.3, -0.25) is 9.69 Å². The van der Waals surface area contributed by atoms with Gasteiger partial charge in [0, 0.05) is 24.9 Å². The number of aromatic nitrogens is 2. The van der Waals surface area contributed by atoms with E-state index in [4.69, 9.17) is 14.0 Å². The average molecular weight is 434 g/mol. The predicted octanol–water partition coefficient (Wildman–Crippen LogP) is 2.29. The van der Waals surface area contributed by atoms with Gasteiger partial charge in [-0.1, -0.05) is 13.8 Å². The van der Waals surface area contributed by atoms with E-state index in [-0.39, 0.29) is 17.8 Å². The van der Waals surface area contributed by atoms with E-state index in [1.54, 1.807) is 40.2 Å². The molecule has 0 unspecified atom stereocenters. The van der Waals surface area contributed by atoms with E-state index in [1.165, 1.54) is 4.90 Å². The number of carbonyl (C=O) groups is 2. The Kier molecular flexibility index (Phi) is 7.07. The lowest BCUT2D eigenvalue weighted by molar-refractivity contribution is -0.121. The van der Waals surface area contributed by atoms with Gasteiger partial charge in [-0.2, -0.15) is 0 Å². The van der Waals surface area contributed by atoms with E-state index in [1.807, 2.05) is 41.5 Å². The summed E-state index contributed by atoms with van der Waals surface area (Å²) in [5, 5.41) is 2.65. The molecule has 0 bridgehead atoms. The van der Waals surface area contributed by atoms with Gasteiger partial charge >= 0.3 is 13.2 Å². The highest BCUT2D eigenvalue weighted by atomic mass is 16.7. The van der Waals surface area contributed by atoms with Crippen LogP contribution in [0.3, 0.4) is 0 Å². The molecule has 0 radical (unpaired) electrons. The number of likely N-dealkylation sites (N-methyl/N-ethyl adjacent to an activating group) is 1. The molecule has 10 heteroatoms. The number of rotatable bonds is 5. The lowest BCUT2D eigenvalue weighted by Gasteiger charge is -2.32. The number of nitrogens with one attached hydrogen (secondary N) is 1. The molecular weight excluding hydrogens is 399 g/mol. The number of carbonyl (C=O) groups excluding carboxylic acids is 2. The van der Waals surface area contributed by atoms with Gasteiger partial charge < -0.3 is 19.4 Å². The zero-order valence-corrected chi connectivity index (χ0v) is 20.3. The summed E-state index contributed by atoms with van der Waals surface area (Å²) in [6.45, 7) is 16.9. The van der Waals surface area contributed by atoms with Gasteiger partial charge in [0.25, 0.3) is 5.91 Å². The highest BCUT2D eigenvalue weighted by Gasteiger charge is 2.52. The van der Waals surface area contributed by atoms with Crippen LogP contribution in [-0.2, 0) is 18.8 Å². The summed E-state index contributed by atoms with van der Waals surface area (Å²) in [7, 11) is 0.982. The van der Waals surface area contributed by atoms with E-state index in [0.29, 0.717) is 5.46 Å². The highest BCUT2D eigenvalue weighted by Crippen LogP contribution is 2.36. The maximum atomic E-state index is 13.0. The van der Waals surface area contributed by atoms with Crippen molar-refractivity contribution in [2.24, 2.45) is 5.92 Å². The molecule has 0 spiro atoms. The minimum Gasteiger partial charge on any atom is -0.444 e. The summed E-state index contributed by atoms with van der Waals surface area (Å²) in [5.74, 6) is -0.294. The summed E-state index contributed by atoms with van der Waals surface area (Å²) >= 11 is 0. The molecule has 1 fully saturated rings. The van der Waals surface area contributed by atoms with Crippen LogP contribution in [0.15, 0.2) is 12.4 Å². The maximum Gasteiger partial charge on any atom is 0.498 e. The Hall–Kier alpha value is -2.20. The monoisotopic (exact) mass is 434 g/mol. The molecule has 2 rings (SSSR count). The van der Waals surface area contributed by atoms with Gasteiger partial charge in [-0.15, -0.1) is 0 Å². The third-order valence-electron chi connectivity index (χ3n) is 5.42. The number of ether oxygens (including phenoxy) is 1. The second-order valence-electron chi connectivity index (χ2n) is 10.2. The Morgan fingerprint density at radius 2 is 1.58 bits per heavy atom. The Morgan fingerprint density at radius 1 is 1.10 bits per heavy atom. The van der Waals surface area contributed by atoms with Gasteiger partial charge in [0.2, 0.25) is 5.95 Å². The first kappa shape index (κ1) is 25.1. The average Bonchev–Trinajstić information content (AvgIpc) is 2.84. The number of amides is 2. The third kappa shape index (κ3) is 5.95. The van der Waals surface area contributed by atoms with E-state index < -0.39 is 36.1 Å². The molecule has 1 aliphatic rings. The number of anilines is 1. The van der Waals surface area contributed by atoms with Gasteiger partial charge in [0.05, 0.1) is 11.2 Å². The largest absolute Gasteiger partial charge is 0.498 e. The molecule has 1 aromatic heterocycles. The van der Waals surface area contributed by atoms with Crippen LogP contribution >= 0.6 is 0 Å². The molecule has 172 valence electrons. The summed E-state index contributed by atoms with van der Waals surface area (Å²) < 4.78 is 17.3. The summed E-state index contributed by atoms with van der Waals surface area (Å²) in [5.41, 5.74) is -0.940. The van der Waals surface area contributed by atoms with Crippen molar-refractivity contribution in [3.8, 4) is 0 Å². The van der Waals surface area contributed by atoms with Crippen molar-refractivity contribution in [3.63, 3.8) is 0 Å². The summed E-state index contributed by atoms with van der Waals surface area (Å²) in [6, 6.07) is -0.786. The number of hydrogen-bond donors (Lipinski definition) is 1. The molecule has 0 aromatic carbocycles. The van der Waals surface area contributed by atoms with Crippen LogP contribution in [-0.4, -0.2) is 59.0 Å². The van der Waals surface area contributed by atoms with Crippen molar-refractivity contribution in [1.29, 1.82) is 0 Å². The van der Waals surface area contributed by atoms with Crippen molar-refractivity contribution in [2.75, 3.05) is 11.9 Å². The number of nitrogens with zero attached hydrogens (tertiary/aromatic N) is 3. The lowest BCUT2D eigenvalue weighted by Crippen LogP contribution is -2.51. The molecule has 9 nitrogen and oxygen atoms in total. The lowest BCUT2D eigenvalue weighted by atomic mass is 9.81. The van der Waals surface area contributed by atoms with Crippen LogP contribution in [0.2, 0.25) is 0 Å². The standard InChI is InChI=1S/C21H35BN4O5/c1-13(2)15(25-18(28)29-19(3,4)5)16(27)26(10)17-23-11-14(12-24-17)22-30-20(6,7)21(8,9)31-22/h11-13,15H,1-10H3,(H,25,28)/t15-/m1/s1. The molecule has 31 heavy (non-hydrogen) atoms. The molecule has 1 N–H and O–H groups in total. The minimum atomic E-state index is -0.786. The smallest absolute Gasteiger partial charge is 0.444 e. The van der Waals surface area contributed by atoms with Gasteiger partial charge in [0.15, 0.2) is 0 Å². The molecule has 2 amide bonds. The second kappa shape index (κ2) is 8.74. The fourth-order valence-corrected chi connectivity index (χ4v) is 2.86. The zero-order valence-electron chi connectivity index (χ0n) is 20.3. The normalized spacial score (nSPS) is 18.6. The van der Waals surface area contributed by atoms with Crippen LogP contribution in [0.4, 0.5) is 10.7 Å². The summed E-state index contributed by atoms with van der Waals surface area (Å²) in [6.07, 6.45) is 2.52. The van der Waals surface area contributed by atoms with Gasteiger partial charge in [-0.05, 0) is 54.4 Å². The molecule has 1 aromatic rings. The van der Waals surface area contributed by atoms with E-state index in [0.717, 1.165) is 0 Å². The number of alkyl carbamates (subject to hydrolysis) is 1. The molecule has 1 aliphatic heterocycles. The SMILES string of the molecule is CC(C)[C@@H](NC(=O)OC(C)(C)C)C(=O)N(C)c1ncc(B2OC(C)(C)C(C)(C)O2)cn1. The quantitative estimate of drug-likeness (QED) is 0.710. The third-order valence-corrected chi connectivity index (χ3v) is 5.42. The van der Waals surface area contributed by atoms with Crippen molar-refractivity contribution in [3.05, 3.63) is 12.4 Å². The maximum absolute atomic E-state index is 13.0. The Morgan fingerprint density at radius 3 is 2.00 bits per heavy atom. The topological polar surface area (TPSA) is 103 Å². The summed E-state index contributed by atoms with van der Waals surface area (Å²) in [4.78, 5) is 35.1. The fraction of sp³-hybridized carbons (Fsp3) is 0.714. The van der Waals surface area contributed by atoms with Crippen molar-refractivity contribution in [1.82, 2.24) is 15.3 Å². The Labute approximate surface area is 185 Å². The first-order valence-electron chi connectivity index (χ1n) is 10.5. The van der Waals surface area contributed by atoms with Gasteiger partial charge in [-0.25, -0.2) is 14.8 Å². The minimum absolute atomic E-state index is 0.161. The molecular formula is C21H35BN4O5. The van der Waals surface area contributed by atoms with Crippen LogP contribution < -0.4 is 15.7 Å². The van der Waals surface area contributed by atoms with Crippen LogP contribution in [0.1, 0.15) is 62.3 Å². The van der Waals surface area contributed by atoms with E-state index >= 15 is 0 Å². The van der Waals surface area contributed by atoms with Gasteiger partial charge in [0.1, 0.15) is 11.6 Å². The fourth-order valence-electron chi connectivity index (χ4n) is 2.86. The molecule has 2 heterocycles. The first-order valence-corrected chi connectivity index (χ1v) is 10.5. The van der Waals surface area contributed by atoms with Crippen molar-refractivity contribution >= 4 is 30.5 Å². The Bertz CT molecular complexity index is 789. The second-order valence-corrected chi connectivity index (χ2v) is 10.2. The highest BCUT2D eigenvalue weighted by molar-refractivity contribution is 6.61. The van der Waals surface area contributed by atoms with Crippen molar-refractivity contribution < 1.29 is 23.6 Å². The van der Waals surface area contributed by atoms with Crippen LogP contribution in [0, 0.1) is 5.92 Å².